The third-order valence-corrected chi connectivity index (χ3v) is 0. The molecule has 0 fully saturated rings. The Morgan fingerprint density at radius 1 is 0.250 bits per heavy atom. The Labute approximate surface area is 350 Å². The Morgan fingerprint density at radius 3 is 0.250 bits per heavy atom. The maximum Gasteiger partial charge on any atom is 0.148 e. The monoisotopic (exact) mass is 1190 g/mol. The van der Waals surface area contributed by atoms with E-state index in [1.165, 1.54) is 41.5 Å². The molecule has 0 aromatic carbocycles. The summed E-state index contributed by atoms with van der Waals surface area (Å²) in [6, 6.07) is 0. The van der Waals surface area contributed by atoms with E-state index in [0.29, 0.717) is 0 Å². The molecule has 0 aliphatic carbocycles. The number of aliphatic hydroxyl groups excluding tert-OH is 6. The summed E-state index contributed by atoms with van der Waals surface area (Å²) in [6.45, 7) is 7.67. The fourth-order valence-corrected chi connectivity index (χ4v) is 0. The third-order valence-electron chi connectivity index (χ3n) is 0. The van der Waals surface area contributed by atoms with Gasteiger partial charge in [-0.1, -0.05) is 0 Å². The second kappa shape index (κ2) is 115. The Hall–Kier alpha value is 5.21. The van der Waals surface area contributed by atoms with Gasteiger partial charge in [-0.25, -0.2) is 0 Å². The van der Waals surface area contributed by atoms with Gasteiger partial charge in [0.1, 0.15) is 37.7 Å². The second-order valence-corrected chi connectivity index (χ2v) is 3.79. The number of hydrogen-bond donors (Lipinski definition) is 12. The molecule has 0 unspecified atom stereocenters. The van der Waals surface area contributed by atoms with E-state index < -0.39 is 37.7 Å². The smallest absolute Gasteiger partial charge is 0.148 e. The van der Waals surface area contributed by atoms with Crippen molar-refractivity contribution >= 4 is 0 Å². The molecule has 24 heteroatoms. The summed E-state index contributed by atoms with van der Waals surface area (Å²) in [4.78, 5) is 0. The van der Waals surface area contributed by atoms with Gasteiger partial charge in [0.05, 0.1) is 0 Å². The summed E-state index contributed by atoms with van der Waals surface area (Å²) in [5, 5.41) is 91.3. The molecule has 0 rings (SSSR count). The third kappa shape index (κ3) is 2110. The molecule has 0 spiro atoms. The van der Waals surface area contributed by atoms with Crippen LogP contribution < -0.4 is 0 Å². The molecule has 0 heterocycles. The molecule has 36 heavy (non-hydrogen) atoms. The second-order valence-electron chi connectivity index (χ2n) is 3.79. The van der Waals surface area contributed by atoms with E-state index >= 15 is 0 Å². The van der Waals surface area contributed by atoms with Gasteiger partial charge in [-0.15, -0.1) is 0 Å². The van der Waals surface area contributed by atoms with Crippen LogP contribution in [-0.2, 0) is 11.0 Å². The van der Waals surface area contributed by atoms with Crippen LogP contribution >= 0.6 is 0 Å². The molecule has 28 N–H and O–H groups in total. The summed E-state index contributed by atoms with van der Waals surface area (Å²) < 4.78 is 0. The standard InChI is InChI=1S/6C2H6O2.5La.7H2O/c6*1-2(3)4;;;;;;;;;;;;/h6*2-4H,1H3;;;;;;7*1H2/p+2. The van der Waals surface area contributed by atoms with Crippen molar-refractivity contribution in [3.8, 4) is 0 Å². The maximum absolute atomic E-state index is 7.61. The van der Waals surface area contributed by atoms with Crippen LogP contribution in [0, 0.1) is 178 Å². The zero-order valence-electron chi connectivity index (χ0n) is 21.4. The minimum absolute atomic E-state index is 0. The predicted octanol–water partition coefficient (Wildman–Crippen LogP) is -10.1. The number of hydrogen-bond acceptors (Lipinski definition) is 12. The average molecular weight is 1200 g/mol. The van der Waals surface area contributed by atoms with Crippen molar-refractivity contribution in [2.45, 2.75) is 79.3 Å². The van der Waals surface area contributed by atoms with Crippen molar-refractivity contribution in [3.63, 3.8) is 0 Å². The molecule has 19 nitrogen and oxygen atoms in total. The normalized spacial score (nSPS) is 6.00. The van der Waals surface area contributed by atoms with Crippen LogP contribution in [0.3, 0.4) is 0 Å². The molecule has 5 radical (unpaired) electrons. The molecule has 0 bridgehead atoms. The predicted molar refractivity (Wildman–Crippen MR) is 111 cm³/mol. The van der Waals surface area contributed by atoms with Crippen molar-refractivity contribution in [1.82, 2.24) is 0 Å². The van der Waals surface area contributed by atoms with Crippen LogP contribution in [0.2, 0.25) is 0 Å². The van der Waals surface area contributed by atoms with E-state index in [-0.39, 0.29) is 216 Å². The van der Waals surface area contributed by atoms with Crippen LogP contribution in [0.5, 0.6) is 0 Å². The first-order valence-electron chi connectivity index (χ1n) is 6.56. The topological polar surface area (TPSA) is 466 Å². The van der Waals surface area contributed by atoms with Crippen LogP contribution in [0.4, 0.5) is 0 Å². The van der Waals surface area contributed by atoms with Gasteiger partial charge in [-0.3, -0.25) is 0 Å². The molecule has 0 saturated carbocycles. The van der Waals surface area contributed by atoms with Gasteiger partial charge in [0.25, 0.3) is 0 Å². The summed E-state index contributed by atoms with van der Waals surface area (Å²) in [5.74, 6) is 0. The van der Waals surface area contributed by atoms with Crippen molar-refractivity contribution < 1.29 is 278 Å². The zero-order valence-corrected chi connectivity index (χ0v) is 39.5. The van der Waals surface area contributed by atoms with Crippen LogP contribution in [0.15, 0.2) is 0 Å². The van der Waals surface area contributed by atoms with E-state index in [1.54, 1.807) is 0 Å². The molecule has 0 amide bonds. The quantitative estimate of drug-likeness (QED) is 0.0795. The molecule has 0 aliphatic rings. The molecule has 227 valence electrons. The first-order valence-corrected chi connectivity index (χ1v) is 6.56. The van der Waals surface area contributed by atoms with Gasteiger partial charge in [0.2, 0.25) is 0 Å². The summed E-state index contributed by atoms with van der Waals surface area (Å²) in [5.41, 5.74) is 0. The SMILES string of the molecule is CC(O)O.CC(O)O.CC(O)O.CC(O)O.CC(O)O.CC(O)O.O.O.O.O.O.[La].[La].[La].[La].[La].[OH3+].[OH3+]. The molecular formula is C12H52La5O19+2. The van der Waals surface area contributed by atoms with Crippen molar-refractivity contribution in [2.24, 2.45) is 0 Å². The fraction of sp³-hybridized carbons (Fsp3) is 1.00. The van der Waals surface area contributed by atoms with Gasteiger partial charge in [0, 0.05) is 178 Å². The summed E-state index contributed by atoms with van der Waals surface area (Å²) >= 11 is 0. The Balaban J connectivity index is -0.00000000633. The van der Waals surface area contributed by atoms with E-state index in [9.17, 15) is 0 Å². The van der Waals surface area contributed by atoms with Crippen LogP contribution in [0.1, 0.15) is 41.5 Å². The van der Waals surface area contributed by atoms with E-state index in [4.69, 9.17) is 61.3 Å². The molecular weight excluding hydrogens is 1140 g/mol. The van der Waals surface area contributed by atoms with E-state index in [0.717, 1.165) is 0 Å². The van der Waals surface area contributed by atoms with Gasteiger partial charge >= 0.3 is 0 Å². The summed E-state index contributed by atoms with van der Waals surface area (Å²) in [7, 11) is 0. The van der Waals surface area contributed by atoms with Crippen LogP contribution in [0.25, 0.3) is 0 Å². The maximum atomic E-state index is 7.61. The molecule has 0 saturated heterocycles. The first-order chi connectivity index (χ1) is 10.4. The summed E-state index contributed by atoms with van der Waals surface area (Å²) in [6.07, 6.45) is -7.00. The van der Waals surface area contributed by atoms with Crippen molar-refractivity contribution in [1.29, 1.82) is 0 Å². The minimum atomic E-state index is -1.17. The fourth-order valence-electron chi connectivity index (χ4n) is 0. The molecule has 0 aromatic rings. The van der Waals surface area contributed by atoms with Gasteiger partial charge in [0.15, 0.2) is 0 Å². The van der Waals surface area contributed by atoms with E-state index in [1.807, 2.05) is 0 Å². The number of rotatable bonds is 0. The average Bonchev–Trinajstić information content (AvgIpc) is 2.08. The first kappa shape index (κ1) is 124. The van der Waals surface area contributed by atoms with Crippen molar-refractivity contribution in [2.75, 3.05) is 0 Å². The minimum Gasteiger partial charge on any atom is -0.457 e. The molecule has 0 aromatic heterocycles. The van der Waals surface area contributed by atoms with Crippen LogP contribution in [-0.4, -0.2) is 126 Å². The zero-order chi connectivity index (χ0) is 21.5. The van der Waals surface area contributed by atoms with Gasteiger partial charge < -0.3 is 99.6 Å². The van der Waals surface area contributed by atoms with Gasteiger partial charge in [-0.2, -0.15) is 0 Å². The molecule has 0 aliphatic heterocycles. The van der Waals surface area contributed by atoms with Gasteiger partial charge in [-0.05, 0) is 41.5 Å². The van der Waals surface area contributed by atoms with E-state index in [2.05, 4.69) is 0 Å². The number of aliphatic hydroxyl groups is 12. The largest absolute Gasteiger partial charge is 0.457 e. The van der Waals surface area contributed by atoms with Crippen molar-refractivity contribution in [3.05, 3.63) is 0 Å². The molecule has 0 atom stereocenters. The Bertz CT molecular complexity index is 126. The Morgan fingerprint density at radius 2 is 0.250 bits per heavy atom. The Kier molecular flexibility index (Phi) is 394.